The lowest BCUT2D eigenvalue weighted by atomic mass is 10.2. The molecule has 0 fully saturated rings. The van der Waals surface area contributed by atoms with Crippen molar-refractivity contribution in [3.8, 4) is 17.2 Å². The number of rotatable bonds is 8. The van der Waals surface area contributed by atoms with E-state index in [1.165, 1.54) is 26.4 Å². The van der Waals surface area contributed by atoms with Gasteiger partial charge in [0, 0.05) is 12.1 Å². The van der Waals surface area contributed by atoms with Crippen LogP contribution in [0.3, 0.4) is 0 Å². The smallest absolute Gasteiger partial charge is 0.233 e. The average Bonchev–Trinajstić information content (AvgIpc) is 2.64. The summed E-state index contributed by atoms with van der Waals surface area (Å²) in [6.45, 7) is 2.31. The number of halogens is 1. The van der Waals surface area contributed by atoms with Gasteiger partial charge in [-0.05, 0) is 19.1 Å². The van der Waals surface area contributed by atoms with Gasteiger partial charge in [-0.25, -0.2) is 0 Å². The highest BCUT2D eigenvalue weighted by atomic mass is 35.5. The molecule has 144 valence electrons. The molecule has 0 aliphatic heterocycles. The van der Waals surface area contributed by atoms with Crippen molar-refractivity contribution < 1.29 is 23.8 Å². The van der Waals surface area contributed by atoms with Crippen LogP contribution in [0.4, 0.5) is 11.4 Å². The fourth-order valence-electron chi connectivity index (χ4n) is 2.34. The number of hydrogen-bond donors (Lipinski definition) is 2. The first-order chi connectivity index (χ1) is 13.0. The molecular weight excluding hydrogens is 372 g/mol. The van der Waals surface area contributed by atoms with Crippen molar-refractivity contribution >= 4 is 34.8 Å². The van der Waals surface area contributed by atoms with E-state index in [0.717, 1.165) is 0 Å². The number of para-hydroxylation sites is 2. The Morgan fingerprint density at radius 3 is 2.19 bits per heavy atom. The van der Waals surface area contributed by atoms with Crippen LogP contribution < -0.4 is 24.8 Å². The van der Waals surface area contributed by atoms with Crippen LogP contribution in [0.2, 0.25) is 5.02 Å². The molecule has 0 spiro atoms. The van der Waals surface area contributed by atoms with Crippen LogP contribution >= 0.6 is 11.6 Å². The van der Waals surface area contributed by atoms with Crippen LogP contribution in [0, 0.1) is 0 Å². The summed E-state index contributed by atoms with van der Waals surface area (Å²) in [5, 5.41) is 5.64. The molecule has 0 unspecified atom stereocenters. The molecule has 0 aromatic heterocycles. The van der Waals surface area contributed by atoms with Gasteiger partial charge in [-0.1, -0.05) is 23.7 Å². The van der Waals surface area contributed by atoms with Gasteiger partial charge in [0.2, 0.25) is 11.8 Å². The van der Waals surface area contributed by atoms with Gasteiger partial charge in [0.1, 0.15) is 23.7 Å². The summed E-state index contributed by atoms with van der Waals surface area (Å²) in [7, 11) is 2.91. The van der Waals surface area contributed by atoms with Crippen molar-refractivity contribution in [3.63, 3.8) is 0 Å². The molecular formula is C19H21ClN2O5. The number of anilines is 2. The Kier molecular flexibility index (Phi) is 7.31. The maximum Gasteiger partial charge on any atom is 0.233 e. The highest BCUT2D eigenvalue weighted by Crippen LogP contribution is 2.35. The van der Waals surface area contributed by atoms with Gasteiger partial charge in [-0.2, -0.15) is 0 Å². The van der Waals surface area contributed by atoms with Crippen molar-refractivity contribution in [2.45, 2.75) is 13.3 Å². The normalized spacial score (nSPS) is 10.1. The van der Waals surface area contributed by atoms with Gasteiger partial charge in [0.15, 0.2) is 0 Å². The van der Waals surface area contributed by atoms with Crippen LogP contribution in [-0.2, 0) is 9.59 Å². The molecule has 2 aromatic rings. The minimum Gasteiger partial charge on any atom is -0.495 e. The number of methoxy groups -OCH3 is 2. The number of carbonyl (C=O) groups is 2. The first-order valence-electron chi connectivity index (χ1n) is 8.21. The maximum atomic E-state index is 12.2. The Hall–Kier alpha value is -2.93. The zero-order valence-corrected chi connectivity index (χ0v) is 16.1. The molecule has 7 nitrogen and oxygen atoms in total. The zero-order valence-electron chi connectivity index (χ0n) is 15.3. The van der Waals surface area contributed by atoms with Gasteiger partial charge < -0.3 is 24.8 Å². The second-order valence-electron chi connectivity index (χ2n) is 5.39. The number of hydrogen-bond acceptors (Lipinski definition) is 5. The van der Waals surface area contributed by atoms with Crippen LogP contribution in [-0.4, -0.2) is 32.6 Å². The van der Waals surface area contributed by atoms with E-state index in [4.69, 9.17) is 25.8 Å². The molecule has 8 heteroatoms. The third kappa shape index (κ3) is 5.52. The van der Waals surface area contributed by atoms with Crippen LogP contribution in [0.15, 0.2) is 36.4 Å². The summed E-state index contributed by atoms with van der Waals surface area (Å²) in [6, 6.07) is 10.1. The predicted octanol–water partition coefficient (Wildman–Crippen LogP) is 3.72. The molecule has 0 bridgehead atoms. The van der Waals surface area contributed by atoms with Gasteiger partial charge in [-0.15, -0.1) is 0 Å². The van der Waals surface area contributed by atoms with Crippen molar-refractivity contribution in [2.24, 2.45) is 0 Å². The van der Waals surface area contributed by atoms with Gasteiger partial charge in [-0.3, -0.25) is 9.59 Å². The summed E-state index contributed by atoms with van der Waals surface area (Å²) in [5.74, 6) is 0.292. The zero-order chi connectivity index (χ0) is 19.8. The number of amides is 2. The van der Waals surface area contributed by atoms with Gasteiger partial charge in [0.05, 0.1) is 37.2 Å². The highest BCUT2D eigenvalue weighted by molar-refractivity contribution is 6.32. The first-order valence-corrected chi connectivity index (χ1v) is 8.59. The third-order valence-corrected chi connectivity index (χ3v) is 3.83. The van der Waals surface area contributed by atoms with Crippen molar-refractivity contribution in [3.05, 3.63) is 41.4 Å². The van der Waals surface area contributed by atoms with Gasteiger partial charge >= 0.3 is 0 Å². The summed E-state index contributed by atoms with van der Waals surface area (Å²) in [6.07, 6.45) is -0.380. The third-order valence-electron chi connectivity index (χ3n) is 3.53. The second-order valence-corrected chi connectivity index (χ2v) is 5.80. The number of ether oxygens (including phenoxy) is 3. The summed E-state index contributed by atoms with van der Waals surface area (Å²) in [4.78, 5) is 24.4. The van der Waals surface area contributed by atoms with Crippen LogP contribution in [0.1, 0.15) is 13.3 Å². The molecule has 2 N–H and O–H groups in total. The lowest BCUT2D eigenvalue weighted by Gasteiger charge is -2.14. The molecule has 2 amide bonds. The largest absolute Gasteiger partial charge is 0.495 e. The minimum atomic E-state index is -0.510. The molecule has 0 radical (unpaired) electrons. The quantitative estimate of drug-likeness (QED) is 0.668. The Morgan fingerprint density at radius 2 is 1.56 bits per heavy atom. The van der Waals surface area contributed by atoms with E-state index in [1.54, 1.807) is 24.3 Å². The van der Waals surface area contributed by atoms with Crippen molar-refractivity contribution in [2.75, 3.05) is 31.5 Å². The van der Waals surface area contributed by atoms with E-state index in [1.807, 2.05) is 6.92 Å². The minimum absolute atomic E-state index is 0.345. The van der Waals surface area contributed by atoms with Crippen molar-refractivity contribution in [1.82, 2.24) is 0 Å². The van der Waals surface area contributed by atoms with E-state index in [0.29, 0.717) is 40.3 Å². The maximum absolute atomic E-state index is 12.2. The molecule has 2 aromatic carbocycles. The topological polar surface area (TPSA) is 85.9 Å². The van der Waals surface area contributed by atoms with E-state index >= 15 is 0 Å². The molecule has 0 heterocycles. The number of benzene rings is 2. The Bertz CT molecular complexity index is 826. The average molecular weight is 393 g/mol. The van der Waals surface area contributed by atoms with E-state index in [9.17, 15) is 9.59 Å². The van der Waals surface area contributed by atoms with Gasteiger partial charge in [0.25, 0.3) is 0 Å². The standard InChI is InChI=1S/C19H21ClN2O5/c1-4-27-15-8-6-5-7-13(15)21-18(23)11-19(24)22-14-10-16(25-2)12(20)9-17(14)26-3/h5-10H,4,11H2,1-3H3,(H,21,23)(H,22,24). The molecule has 0 aliphatic carbocycles. The summed E-state index contributed by atoms with van der Waals surface area (Å²) < 4.78 is 15.8. The SMILES string of the molecule is CCOc1ccccc1NC(=O)CC(=O)Nc1cc(OC)c(Cl)cc1OC. The summed E-state index contributed by atoms with van der Waals surface area (Å²) in [5.41, 5.74) is 0.856. The fourth-order valence-corrected chi connectivity index (χ4v) is 2.57. The van der Waals surface area contributed by atoms with Crippen LogP contribution in [0.5, 0.6) is 17.2 Å². The summed E-state index contributed by atoms with van der Waals surface area (Å²) >= 11 is 6.04. The van der Waals surface area contributed by atoms with E-state index in [2.05, 4.69) is 10.6 Å². The first kappa shape index (κ1) is 20.4. The molecule has 0 saturated heterocycles. The molecule has 27 heavy (non-hydrogen) atoms. The number of carbonyl (C=O) groups excluding carboxylic acids is 2. The lowest BCUT2D eigenvalue weighted by Crippen LogP contribution is -2.22. The Balaban J connectivity index is 2.05. The Morgan fingerprint density at radius 1 is 0.926 bits per heavy atom. The number of nitrogens with one attached hydrogen (secondary N) is 2. The van der Waals surface area contributed by atoms with E-state index < -0.39 is 11.8 Å². The molecule has 0 atom stereocenters. The molecule has 0 aliphatic rings. The second kappa shape index (κ2) is 9.68. The van der Waals surface area contributed by atoms with Crippen molar-refractivity contribution in [1.29, 1.82) is 0 Å². The molecule has 2 rings (SSSR count). The lowest BCUT2D eigenvalue weighted by molar-refractivity contribution is -0.123. The Labute approximate surface area is 162 Å². The molecule has 0 saturated carbocycles. The van der Waals surface area contributed by atoms with E-state index in [-0.39, 0.29) is 6.42 Å². The predicted molar refractivity (Wildman–Crippen MR) is 104 cm³/mol. The monoisotopic (exact) mass is 392 g/mol. The van der Waals surface area contributed by atoms with Crippen LogP contribution in [0.25, 0.3) is 0 Å². The highest BCUT2D eigenvalue weighted by Gasteiger charge is 2.16. The fraction of sp³-hybridized carbons (Fsp3) is 0.263.